The van der Waals surface area contributed by atoms with Crippen molar-refractivity contribution in [1.29, 1.82) is 0 Å². The molecule has 0 aliphatic rings. The van der Waals surface area contributed by atoms with Gasteiger partial charge in [-0.05, 0) is 43.4 Å². The van der Waals surface area contributed by atoms with Gasteiger partial charge in [-0.25, -0.2) is 0 Å². The number of hydrogen-bond acceptors (Lipinski definition) is 2. The molecule has 1 aromatic heterocycles. The lowest BCUT2D eigenvalue weighted by Crippen LogP contribution is -2.13. The summed E-state index contributed by atoms with van der Waals surface area (Å²) in [6.07, 6.45) is 5.91. The molecule has 2 aromatic rings. The van der Waals surface area contributed by atoms with Crippen molar-refractivity contribution in [3.05, 3.63) is 52.8 Å². The SMILES string of the molecule is CCCn1cc(C(N)Cc2ccc(C)c(C)c2)cn1. The molecule has 0 fully saturated rings. The molecule has 1 heterocycles. The van der Waals surface area contributed by atoms with Gasteiger partial charge in [0.2, 0.25) is 0 Å². The van der Waals surface area contributed by atoms with Crippen molar-refractivity contribution >= 4 is 0 Å². The molecule has 0 saturated heterocycles. The number of nitrogens with zero attached hydrogens (tertiary/aromatic N) is 2. The molecule has 3 heteroatoms. The third-order valence-electron chi connectivity index (χ3n) is 3.56. The fourth-order valence-corrected chi connectivity index (χ4v) is 2.22. The highest BCUT2D eigenvalue weighted by atomic mass is 15.3. The molecule has 0 radical (unpaired) electrons. The number of rotatable bonds is 5. The molecule has 19 heavy (non-hydrogen) atoms. The summed E-state index contributed by atoms with van der Waals surface area (Å²) in [5, 5.41) is 4.34. The largest absolute Gasteiger partial charge is 0.324 e. The molecular formula is C16H23N3. The lowest BCUT2D eigenvalue weighted by atomic mass is 9.99. The Morgan fingerprint density at radius 1 is 1.26 bits per heavy atom. The Kier molecular flexibility index (Phi) is 4.38. The van der Waals surface area contributed by atoms with E-state index in [-0.39, 0.29) is 6.04 Å². The molecule has 2 N–H and O–H groups in total. The number of aryl methyl sites for hydroxylation is 3. The minimum Gasteiger partial charge on any atom is -0.324 e. The molecule has 2 rings (SSSR count). The highest BCUT2D eigenvalue weighted by Gasteiger charge is 2.10. The van der Waals surface area contributed by atoms with Crippen LogP contribution in [0.3, 0.4) is 0 Å². The van der Waals surface area contributed by atoms with Crippen LogP contribution in [0.5, 0.6) is 0 Å². The highest BCUT2D eigenvalue weighted by Crippen LogP contribution is 2.18. The van der Waals surface area contributed by atoms with Gasteiger partial charge in [-0.15, -0.1) is 0 Å². The lowest BCUT2D eigenvalue weighted by Gasteiger charge is -2.11. The van der Waals surface area contributed by atoms with Gasteiger partial charge < -0.3 is 5.73 Å². The van der Waals surface area contributed by atoms with Crippen molar-refractivity contribution in [2.24, 2.45) is 5.73 Å². The van der Waals surface area contributed by atoms with Gasteiger partial charge in [-0.3, -0.25) is 4.68 Å². The standard InChI is InChI=1S/C16H23N3/c1-4-7-19-11-15(10-18-19)16(17)9-14-6-5-12(2)13(3)8-14/h5-6,8,10-11,16H,4,7,9,17H2,1-3H3. The van der Waals surface area contributed by atoms with Gasteiger partial charge in [-0.2, -0.15) is 5.10 Å². The summed E-state index contributed by atoms with van der Waals surface area (Å²) in [6, 6.07) is 6.58. The molecule has 0 spiro atoms. The van der Waals surface area contributed by atoms with E-state index in [0.29, 0.717) is 0 Å². The number of hydrogen-bond donors (Lipinski definition) is 1. The van der Waals surface area contributed by atoms with E-state index in [2.05, 4.69) is 50.3 Å². The third kappa shape index (κ3) is 3.44. The second-order valence-corrected chi connectivity index (χ2v) is 5.27. The Hall–Kier alpha value is -1.61. The number of nitrogens with two attached hydrogens (primary N) is 1. The normalized spacial score (nSPS) is 12.6. The van der Waals surface area contributed by atoms with Gasteiger partial charge in [-0.1, -0.05) is 25.1 Å². The van der Waals surface area contributed by atoms with Gasteiger partial charge in [0.1, 0.15) is 0 Å². The van der Waals surface area contributed by atoms with Crippen LogP contribution in [0, 0.1) is 13.8 Å². The van der Waals surface area contributed by atoms with E-state index < -0.39 is 0 Å². The zero-order valence-corrected chi connectivity index (χ0v) is 12.1. The van der Waals surface area contributed by atoms with E-state index in [1.54, 1.807) is 0 Å². The Morgan fingerprint density at radius 3 is 2.74 bits per heavy atom. The van der Waals surface area contributed by atoms with E-state index in [1.807, 2.05) is 10.9 Å². The first kappa shape index (κ1) is 13.8. The van der Waals surface area contributed by atoms with Crippen molar-refractivity contribution in [2.45, 2.75) is 46.2 Å². The molecule has 102 valence electrons. The van der Waals surface area contributed by atoms with Crippen LogP contribution in [0.4, 0.5) is 0 Å². The topological polar surface area (TPSA) is 43.8 Å². The number of aromatic nitrogens is 2. The van der Waals surface area contributed by atoms with E-state index in [0.717, 1.165) is 24.9 Å². The molecule has 1 atom stereocenters. The van der Waals surface area contributed by atoms with E-state index in [9.17, 15) is 0 Å². The second-order valence-electron chi connectivity index (χ2n) is 5.27. The van der Waals surface area contributed by atoms with Gasteiger partial charge in [0, 0.05) is 24.3 Å². The molecule has 0 amide bonds. The van der Waals surface area contributed by atoms with E-state index in [1.165, 1.54) is 16.7 Å². The molecule has 0 aliphatic heterocycles. The van der Waals surface area contributed by atoms with E-state index in [4.69, 9.17) is 5.73 Å². The van der Waals surface area contributed by atoms with Crippen LogP contribution in [0.1, 0.15) is 41.6 Å². The fourth-order valence-electron chi connectivity index (χ4n) is 2.22. The fraction of sp³-hybridized carbons (Fsp3) is 0.438. The summed E-state index contributed by atoms with van der Waals surface area (Å²) in [5.41, 5.74) is 11.3. The molecule has 0 aliphatic carbocycles. The molecule has 1 unspecified atom stereocenters. The average Bonchev–Trinajstić information content (AvgIpc) is 2.83. The van der Waals surface area contributed by atoms with Crippen molar-refractivity contribution in [3.8, 4) is 0 Å². The summed E-state index contributed by atoms with van der Waals surface area (Å²) < 4.78 is 1.97. The van der Waals surface area contributed by atoms with E-state index >= 15 is 0 Å². The van der Waals surface area contributed by atoms with Crippen molar-refractivity contribution in [2.75, 3.05) is 0 Å². The Morgan fingerprint density at radius 2 is 2.05 bits per heavy atom. The van der Waals surface area contributed by atoms with Gasteiger partial charge in [0.25, 0.3) is 0 Å². The maximum atomic E-state index is 6.27. The average molecular weight is 257 g/mol. The van der Waals surface area contributed by atoms with Crippen molar-refractivity contribution in [3.63, 3.8) is 0 Å². The Labute approximate surface area is 115 Å². The van der Waals surface area contributed by atoms with Crippen LogP contribution in [0.2, 0.25) is 0 Å². The van der Waals surface area contributed by atoms with Crippen molar-refractivity contribution < 1.29 is 0 Å². The monoisotopic (exact) mass is 257 g/mol. The van der Waals surface area contributed by atoms with Crippen LogP contribution < -0.4 is 5.73 Å². The quantitative estimate of drug-likeness (QED) is 0.894. The van der Waals surface area contributed by atoms with Crippen LogP contribution in [0.25, 0.3) is 0 Å². The van der Waals surface area contributed by atoms with Crippen LogP contribution in [-0.2, 0) is 13.0 Å². The smallest absolute Gasteiger partial charge is 0.0537 e. The first-order valence-electron chi connectivity index (χ1n) is 6.94. The Balaban J connectivity index is 2.06. The molecule has 0 saturated carbocycles. The molecular weight excluding hydrogens is 234 g/mol. The minimum atomic E-state index is 0.0210. The maximum Gasteiger partial charge on any atom is 0.0537 e. The first-order chi connectivity index (χ1) is 9.10. The summed E-state index contributed by atoms with van der Waals surface area (Å²) in [7, 11) is 0. The second kappa shape index (κ2) is 6.02. The van der Waals surface area contributed by atoms with Gasteiger partial charge in [0.15, 0.2) is 0 Å². The summed E-state index contributed by atoms with van der Waals surface area (Å²) >= 11 is 0. The predicted octanol–water partition coefficient (Wildman–Crippen LogP) is 3.15. The lowest BCUT2D eigenvalue weighted by molar-refractivity contribution is 0.601. The first-order valence-corrected chi connectivity index (χ1v) is 6.94. The third-order valence-corrected chi connectivity index (χ3v) is 3.56. The highest BCUT2D eigenvalue weighted by molar-refractivity contribution is 5.31. The summed E-state index contributed by atoms with van der Waals surface area (Å²) in [5.74, 6) is 0. The van der Waals surface area contributed by atoms with Crippen LogP contribution in [0.15, 0.2) is 30.6 Å². The minimum absolute atomic E-state index is 0.0210. The van der Waals surface area contributed by atoms with Gasteiger partial charge in [0.05, 0.1) is 6.20 Å². The molecule has 1 aromatic carbocycles. The van der Waals surface area contributed by atoms with Crippen LogP contribution >= 0.6 is 0 Å². The van der Waals surface area contributed by atoms with Crippen LogP contribution in [-0.4, -0.2) is 9.78 Å². The maximum absolute atomic E-state index is 6.27. The zero-order valence-electron chi connectivity index (χ0n) is 12.1. The predicted molar refractivity (Wildman–Crippen MR) is 79.1 cm³/mol. The van der Waals surface area contributed by atoms with Gasteiger partial charge >= 0.3 is 0 Å². The molecule has 3 nitrogen and oxygen atoms in total. The summed E-state index contributed by atoms with van der Waals surface area (Å²) in [6.45, 7) is 7.38. The van der Waals surface area contributed by atoms with Crippen molar-refractivity contribution in [1.82, 2.24) is 9.78 Å². The molecule has 0 bridgehead atoms. The zero-order chi connectivity index (χ0) is 13.8. The Bertz CT molecular complexity index is 543. The number of benzene rings is 1. The summed E-state index contributed by atoms with van der Waals surface area (Å²) in [4.78, 5) is 0.